The number of amides is 1. The highest BCUT2D eigenvalue weighted by Gasteiger charge is 2.21. The number of nitrogens with zero attached hydrogens (tertiary/aromatic N) is 3. The number of carbonyl (C=O) groups excluding carboxylic acids is 1. The first kappa shape index (κ1) is 18.1. The lowest BCUT2D eigenvalue weighted by atomic mass is 10.0. The van der Waals surface area contributed by atoms with Crippen molar-refractivity contribution in [3.63, 3.8) is 0 Å². The molecule has 0 aliphatic heterocycles. The Labute approximate surface area is 157 Å². The highest BCUT2D eigenvalue weighted by molar-refractivity contribution is 6.30. The zero-order chi connectivity index (χ0) is 18.9. The molecule has 1 aromatic carbocycles. The van der Waals surface area contributed by atoms with Crippen LogP contribution in [0.2, 0.25) is 5.15 Å². The summed E-state index contributed by atoms with van der Waals surface area (Å²) in [6.45, 7) is 5.49. The van der Waals surface area contributed by atoms with Crippen LogP contribution in [0.25, 0.3) is 21.9 Å². The maximum absolute atomic E-state index is 12.1. The predicted molar refractivity (Wildman–Crippen MR) is 105 cm³/mol. The van der Waals surface area contributed by atoms with E-state index in [0.717, 1.165) is 21.9 Å². The van der Waals surface area contributed by atoms with Crippen LogP contribution in [0.3, 0.4) is 0 Å². The van der Waals surface area contributed by atoms with Crippen LogP contribution in [-0.4, -0.2) is 28.7 Å². The molecule has 0 radical (unpaired) electrons. The molecule has 0 aliphatic rings. The number of pyridine rings is 2. The number of carbonyl (C=O) groups is 1. The van der Waals surface area contributed by atoms with Crippen molar-refractivity contribution in [2.45, 2.75) is 26.4 Å². The molecule has 3 rings (SSSR count). The molecule has 0 unspecified atom stereocenters. The van der Waals surface area contributed by atoms with Crippen molar-refractivity contribution in [2.24, 2.45) is 0 Å². The fraction of sp³-hybridized carbons (Fsp3) is 0.250. The fourth-order valence-corrected chi connectivity index (χ4v) is 2.64. The van der Waals surface area contributed by atoms with Crippen molar-refractivity contribution in [3.05, 3.63) is 53.9 Å². The second-order valence-corrected chi connectivity index (χ2v) is 7.40. The van der Waals surface area contributed by atoms with Crippen molar-refractivity contribution in [2.75, 3.05) is 11.9 Å². The summed E-state index contributed by atoms with van der Waals surface area (Å²) in [5.74, 6) is 0.524. The number of anilines is 1. The van der Waals surface area contributed by atoms with E-state index < -0.39 is 11.7 Å². The molecule has 0 spiro atoms. The Morgan fingerprint density at radius 1 is 1.00 bits per heavy atom. The summed E-state index contributed by atoms with van der Waals surface area (Å²) in [6.07, 6.45) is 3.05. The van der Waals surface area contributed by atoms with Gasteiger partial charge in [0, 0.05) is 30.4 Å². The Morgan fingerprint density at radius 2 is 1.73 bits per heavy atom. The molecule has 0 atom stereocenters. The Hall–Kier alpha value is -2.66. The van der Waals surface area contributed by atoms with Gasteiger partial charge in [0.2, 0.25) is 0 Å². The smallest absolute Gasteiger partial charge is 0.415 e. The van der Waals surface area contributed by atoms with Crippen LogP contribution in [0.15, 0.2) is 48.8 Å². The molecular weight excluding hydrogens is 350 g/mol. The predicted octanol–water partition coefficient (Wildman–Crippen LogP) is 5.32. The van der Waals surface area contributed by atoms with Gasteiger partial charge in [0.1, 0.15) is 16.6 Å². The van der Waals surface area contributed by atoms with E-state index in [2.05, 4.69) is 9.97 Å². The zero-order valence-electron chi connectivity index (χ0n) is 15.2. The summed E-state index contributed by atoms with van der Waals surface area (Å²) in [6, 6.07) is 11.6. The molecular formula is C20H20ClN3O2. The van der Waals surface area contributed by atoms with Gasteiger partial charge in [0.15, 0.2) is 0 Å². The highest BCUT2D eigenvalue weighted by atomic mass is 35.5. The molecule has 2 aromatic heterocycles. The van der Waals surface area contributed by atoms with E-state index in [1.807, 2.05) is 51.1 Å². The number of fused-ring (bicyclic) bond motifs is 1. The summed E-state index contributed by atoms with van der Waals surface area (Å²) in [7, 11) is 1.64. The number of hydrogen-bond acceptors (Lipinski definition) is 4. The standard InChI is InChI=1S/C20H20ClN3O2/c1-20(2,3)26-19(25)24(4)18-8-7-14(12-23-18)13-5-6-15-11-22-17(21)10-16(15)9-13/h5-12H,1-4H3. The molecule has 0 saturated heterocycles. The van der Waals surface area contributed by atoms with Crippen LogP contribution in [0.5, 0.6) is 0 Å². The van der Waals surface area contributed by atoms with Crippen molar-refractivity contribution >= 4 is 34.3 Å². The molecule has 0 bridgehead atoms. The molecule has 0 saturated carbocycles. The van der Waals surface area contributed by atoms with Gasteiger partial charge >= 0.3 is 6.09 Å². The lowest BCUT2D eigenvalue weighted by molar-refractivity contribution is 0.0588. The monoisotopic (exact) mass is 369 g/mol. The average molecular weight is 370 g/mol. The third-order valence-corrected chi connectivity index (χ3v) is 3.99. The minimum Gasteiger partial charge on any atom is -0.443 e. The van der Waals surface area contributed by atoms with E-state index in [1.54, 1.807) is 25.5 Å². The van der Waals surface area contributed by atoms with Crippen molar-refractivity contribution in [3.8, 4) is 11.1 Å². The maximum Gasteiger partial charge on any atom is 0.415 e. The summed E-state index contributed by atoms with van der Waals surface area (Å²) < 4.78 is 5.36. The van der Waals surface area contributed by atoms with Crippen LogP contribution < -0.4 is 4.90 Å². The van der Waals surface area contributed by atoms with E-state index >= 15 is 0 Å². The van der Waals surface area contributed by atoms with Crippen molar-refractivity contribution < 1.29 is 9.53 Å². The largest absolute Gasteiger partial charge is 0.443 e. The maximum atomic E-state index is 12.1. The third-order valence-electron chi connectivity index (χ3n) is 3.78. The Morgan fingerprint density at radius 3 is 2.38 bits per heavy atom. The molecule has 2 heterocycles. The first-order chi connectivity index (χ1) is 12.2. The minimum atomic E-state index is -0.549. The van der Waals surface area contributed by atoms with E-state index in [-0.39, 0.29) is 0 Å². The zero-order valence-corrected chi connectivity index (χ0v) is 15.9. The van der Waals surface area contributed by atoms with Crippen LogP contribution in [0.4, 0.5) is 10.6 Å². The number of hydrogen-bond donors (Lipinski definition) is 0. The minimum absolute atomic E-state index is 0.439. The molecule has 1 amide bonds. The number of benzene rings is 1. The summed E-state index contributed by atoms with van der Waals surface area (Å²) in [5, 5.41) is 2.49. The van der Waals surface area contributed by atoms with Gasteiger partial charge in [-0.15, -0.1) is 0 Å². The number of rotatable bonds is 2. The molecule has 5 nitrogen and oxygen atoms in total. The topological polar surface area (TPSA) is 55.3 Å². The SMILES string of the molecule is CN(C(=O)OC(C)(C)C)c1ccc(-c2ccc3cnc(Cl)cc3c2)cn1. The molecule has 6 heteroatoms. The van der Waals surface area contributed by atoms with Gasteiger partial charge in [-0.25, -0.2) is 14.8 Å². The average Bonchev–Trinajstić information content (AvgIpc) is 2.59. The highest BCUT2D eigenvalue weighted by Crippen LogP contribution is 2.26. The van der Waals surface area contributed by atoms with Crippen LogP contribution in [0.1, 0.15) is 20.8 Å². The Bertz CT molecular complexity index is 949. The van der Waals surface area contributed by atoms with Crippen LogP contribution in [-0.2, 0) is 4.74 Å². The Balaban J connectivity index is 1.84. The quantitative estimate of drug-likeness (QED) is 0.573. The molecule has 134 valence electrons. The first-order valence-corrected chi connectivity index (χ1v) is 8.59. The van der Waals surface area contributed by atoms with E-state index in [4.69, 9.17) is 16.3 Å². The van der Waals surface area contributed by atoms with Crippen molar-refractivity contribution in [1.82, 2.24) is 9.97 Å². The van der Waals surface area contributed by atoms with Crippen LogP contribution >= 0.6 is 11.6 Å². The molecule has 3 aromatic rings. The second kappa shape index (κ2) is 6.92. The summed E-state index contributed by atoms with van der Waals surface area (Å²) >= 11 is 5.98. The van der Waals surface area contributed by atoms with Gasteiger partial charge in [-0.3, -0.25) is 4.90 Å². The third kappa shape index (κ3) is 4.11. The summed E-state index contributed by atoms with van der Waals surface area (Å²) in [4.78, 5) is 22.0. The van der Waals surface area contributed by atoms with Gasteiger partial charge in [-0.05, 0) is 56.0 Å². The normalized spacial score (nSPS) is 11.4. The molecule has 0 aliphatic carbocycles. The first-order valence-electron chi connectivity index (χ1n) is 8.21. The Kier molecular flexibility index (Phi) is 4.83. The number of aromatic nitrogens is 2. The lowest BCUT2D eigenvalue weighted by Crippen LogP contribution is -2.34. The van der Waals surface area contributed by atoms with Gasteiger partial charge in [-0.2, -0.15) is 0 Å². The summed E-state index contributed by atoms with van der Waals surface area (Å²) in [5.41, 5.74) is 1.41. The van der Waals surface area contributed by atoms with E-state index in [9.17, 15) is 4.79 Å². The van der Waals surface area contributed by atoms with Gasteiger partial charge in [-0.1, -0.05) is 23.7 Å². The van der Waals surface area contributed by atoms with Gasteiger partial charge < -0.3 is 4.74 Å². The van der Waals surface area contributed by atoms with Crippen molar-refractivity contribution in [1.29, 1.82) is 0 Å². The lowest BCUT2D eigenvalue weighted by Gasteiger charge is -2.24. The molecule has 26 heavy (non-hydrogen) atoms. The molecule has 0 fully saturated rings. The van der Waals surface area contributed by atoms with E-state index in [0.29, 0.717) is 11.0 Å². The van der Waals surface area contributed by atoms with Crippen LogP contribution in [0, 0.1) is 0 Å². The van der Waals surface area contributed by atoms with Gasteiger partial charge in [0.25, 0.3) is 0 Å². The fourth-order valence-electron chi connectivity index (χ4n) is 2.47. The number of halogens is 1. The molecule has 0 N–H and O–H groups in total. The number of ether oxygens (including phenoxy) is 1. The second-order valence-electron chi connectivity index (χ2n) is 7.01. The van der Waals surface area contributed by atoms with Gasteiger partial charge in [0.05, 0.1) is 0 Å². The van der Waals surface area contributed by atoms with E-state index in [1.165, 1.54) is 4.90 Å².